The van der Waals surface area contributed by atoms with Crippen LogP contribution < -0.4 is 5.11 Å². The van der Waals surface area contributed by atoms with Crippen molar-refractivity contribution in [2.75, 3.05) is 27.2 Å². The molecule has 0 aliphatic heterocycles. The number of carbonyl (C=O) groups is 1. The highest BCUT2D eigenvalue weighted by Crippen LogP contribution is 2.10. The molecule has 0 heterocycles. The second-order valence-corrected chi connectivity index (χ2v) is 7.77. The SMILES string of the molecule is CCCCC/C=C\C/C=C\CCCCCCCC[N+](C)(C)CC(=O)[O-]. The fourth-order valence-corrected chi connectivity index (χ4v) is 2.96. The molecular weight excluding hydrogens is 310 g/mol. The van der Waals surface area contributed by atoms with Gasteiger partial charge in [-0.05, 0) is 44.9 Å². The van der Waals surface area contributed by atoms with Crippen molar-refractivity contribution >= 4 is 5.97 Å². The second kappa shape index (κ2) is 16.4. The summed E-state index contributed by atoms with van der Waals surface area (Å²) in [5.41, 5.74) is 0. The van der Waals surface area contributed by atoms with Crippen LogP contribution in [0.4, 0.5) is 0 Å². The number of unbranched alkanes of at least 4 members (excludes halogenated alkanes) is 9. The van der Waals surface area contributed by atoms with Gasteiger partial charge in [0.25, 0.3) is 0 Å². The third-order valence-electron chi connectivity index (χ3n) is 4.52. The van der Waals surface area contributed by atoms with Crippen LogP contribution in [-0.2, 0) is 4.79 Å². The molecule has 0 spiro atoms. The number of nitrogens with zero attached hydrogens (tertiary/aromatic N) is 1. The summed E-state index contributed by atoms with van der Waals surface area (Å²) in [5, 5.41) is 10.7. The van der Waals surface area contributed by atoms with E-state index in [-0.39, 0.29) is 6.54 Å². The highest BCUT2D eigenvalue weighted by molar-refractivity contribution is 5.65. The first-order valence-corrected chi connectivity index (χ1v) is 10.3. The van der Waals surface area contributed by atoms with Gasteiger partial charge in [0.2, 0.25) is 0 Å². The standard InChI is InChI=1S/C22H41NO2/c1-4-5-6-7-8-9-10-11-12-13-14-15-16-17-18-19-20-23(2,3)21-22(24)25/h8-9,11-12H,4-7,10,13-21H2,1-3H3/b9-8-,12-11-. The fraction of sp³-hybridized carbons (Fsp3) is 0.773. The fourth-order valence-electron chi connectivity index (χ4n) is 2.96. The topological polar surface area (TPSA) is 40.1 Å². The largest absolute Gasteiger partial charge is 0.544 e. The van der Waals surface area contributed by atoms with Crippen molar-refractivity contribution in [3.8, 4) is 0 Å². The zero-order chi connectivity index (χ0) is 18.8. The van der Waals surface area contributed by atoms with Crippen molar-refractivity contribution in [3.05, 3.63) is 24.3 Å². The average molecular weight is 352 g/mol. The maximum Gasteiger partial charge on any atom is 0.119 e. The van der Waals surface area contributed by atoms with Crippen molar-refractivity contribution in [1.82, 2.24) is 0 Å². The lowest BCUT2D eigenvalue weighted by Gasteiger charge is -2.30. The molecule has 0 fully saturated rings. The van der Waals surface area contributed by atoms with Crippen LogP contribution in [0.5, 0.6) is 0 Å². The Bertz CT molecular complexity index is 372. The Morgan fingerprint density at radius 1 is 0.800 bits per heavy atom. The lowest BCUT2D eigenvalue weighted by molar-refractivity contribution is -0.885. The van der Waals surface area contributed by atoms with Gasteiger partial charge in [0.1, 0.15) is 6.54 Å². The number of likely N-dealkylation sites (N-methyl/N-ethyl adjacent to an activating group) is 1. The van der Waals surface area contributed by atoms with E-state index >= 15 is 0 Å². The van der Waals surface area contributed by atoms with Crippen molar-refractivity contribution in [1.29, 1.82) is 0 Å². The number of carbonyl (C=O) groups excluding carboxylic acids is 1. The molecular formula is C22H41NO2. The normalized spacial score (nSPS) is 12.4. The van der Waals surface area contributed by atoms with Crippen LogP contribution in [0.3, 0.4) is 0 Å². The summed E-state index contributed by atoms with van der Waals surface area (Å²) in [6.07, 6.45) is 24.1. The van der Waals surface area contributed by atoms with Gasteiger partial charge in [-0.2, -0.15) is 0 Å². The van der Waals surface area contributed by atoms with Crippen molar-refractivity contribution < 1.29 is 14.4 Å². The summed E-state index contributed by atoms with van der Waals surface area (Å²) >= 11 is 0. The molecule has 0 aliphatic rings. The van der Waals surface area contributed by atoms with E-state index < -0.39 is 5.97 Å². The first-order chi connectivity index (χ1) is 12.0. The summed E-state index contributed by atoms with van der Waals surface area (Å²) in [5.74, 6) is -0.954. The predicted molar refractivity (Wildman–Crippen MR) is 106 cm³/mol. The van der Waals surface area contributed by atoms with E-state index in [0.29, 0.717) is 4.48 Å². The molecule has 0 aliphatic carbocycles. The molecule has 3 heteroatoms. The number of allylic oxidation sites excluding steroid dienone is 4. The smallest absolute Gasteiger partial charge is 0.119 e. The van der Waals surface area contributed by atoms with E-state index in [1.165, 1.54) is 64.2 Å². The molecule has 0 saturated heterocycles. The Balaban J connectivity index is 3.36. The van der Waals surface area contributed by atoms with E-state index in [1.54, 1.807) is 0 Å². The highest BCUT2D eigenvalue weighted by Gasteiger charge is 2.14. The van der Waals surface area contributed by atoms with Gasteiger partial charge in [-0.25, -0.2) is 0 Å². The molecule has 0 amide bonds. The number of aliphatic carboxylic acids is 1. The van der Waals surface area contributed by atoms with E-state index in [4.69, 9.17) is 0 Å². The first-order valence-electron chi connectivity index (χ1n) is 10.3. The molecule has 0 radical (unpaired) electrons. The third kappa shape index (κ3) is 19.1. The van der Waals surface area contributed by atoms with Crippen LogP contribution >= 0.6 is 0 Å². The zero-order valence-corrected chi connectivity index (χ0v) is 17.0. The van der Waals surface area contributed by atoms with Crippen LogP contribution in [0.15, 0.2) is 24.3 Å². The van der Waals surface area contributed by atoms with Gasteiger partial charge in [-0.3, -0.25) is 0 Å². The summed E-state index contributed by atoms with van der Waals surface area (Å²) < 4.78 is 0.528. The summed E-state index contributed by atoms with van der Waals surface area (Å²) in [7, 11) is 3.92. The molecule has 25 heavy (non-hydrogen) atoms. The molecule has 0 atom stereocenters. The van der Waals surface area contributed by atoms with Crippen LogP contribution in [0.1, 0.15) is 84.0 Å². The molecule has 146 valence electrons. The summed E-state index contributed by atoms with van der Waals surface area (Å²) in [4.78, 5) is 10.7. The second-order valence-electron chi connectivity index (χ2n) is 7.77. The minimum Gasteiger partial charge on any atom is -0.544 e. The van der Waals surface area contributed by atoms with E-state index in [0.717, 1.165) is 19.4 Å². The molecule has 0 N–H and O–H groups in total. The van der Waals surface area contributed by atoms with Gasteiger partial charge in [0.05, 0.1) is 26.6 Å². The maximum atomic E-state index is 10.7. The van der Waals surface area contributed by atoms with E-state index in [9.17, 15) is 9.90 Å². The maximum absolute atomic E-state index is 10.7. The molecule has 3 nitrogen and oxygen atoms in total. The third-order valence-corrected chi connectivity index (χ3v) is 4.52. The van der Waals surface area contributed by atoms with Gasteiger partial charge in [-0.15, -0.1) is 0 Å². The molecule has 0 saturated carbocycles. The van der Waals surface area contributed by atoms with Crippen molar-refractivity contribution in [2.45, 2.75) is 84.0 Å². The molecule has 0 aromatic carbocycles. The number of quaternary nitrogens is 1. The molecule has 0 unspecified atom stereocenters. The zero-order valence-electron chi connectivity index (χ0n) is 17.0. The highest BCUT2D eigenvalue weighted by atomic mass is 16.4. The molecule has 0 aromatic rings. The van der Waals surface area contributed by atoms with Gasteiger partial charge < -0.3 is 14.4 Å². The monoisotopic (exact) mass is 351 g/mol. The number of rotatable bonds is 17. The molecule has 0 aromatic heterocycles. The van der Waals surface area contributed by atoms with Crippen LogP contribution in [0.25, 0.3) is 0 Å². The Kier molecular flexibility index (Phi) is 15.7. The van der Waals surface area contributed by atoms with Gasteiger partial charge in [0.15, 0.2) is 0 Å². The summed E-state index contributed by atoms with van der Waals surface area (Å²) in [6, 6.07) is 0. The van der Waals surface area contributed by atoms with Gasteiger partial charge in [-0.1, -0.05) is 63.3 Å². The quantitative estimate of drug-likeness (QED) is 0.218. The first kappa shape index (κ1) is 23.9. The van der Waals surface area contributed by atoms with Gasteiger partial charge >= 0.3 is 0 Å². The van der Waals surface area contributed by atoms with Crippen molar-refractivity contribution in [3.63, 3.8) is 0 Å². The van der Waals surface area contributed by atoms with Crippen LogP contribution in [0, 0.1) is 0 Å². The summed E-state index contributed by atoms with van der Waals surface area (Å²) in [6.45, 7) is 3.27. The number of carboxylic acid groups (broad SMARTS) is 1. The number of hydrogen-bond donors (Lipinski definition) is 0. The minimum atomic E-state index is -0.954. The Morgan fingerprint density at radius 2 is 1.32 bits per heavy atom. The predicted octanol–water partition coefficient (Wildman–Crippen LogP) is 4.63. The van der Waals surface area contributed by atoms with Crippen LogP contribution in [-0.4, -0.2) is 37.6 Å². The van der Waals surface area contributed by atoms with E-state index in [1.807, 2.05) is 14.1 Å². The Labute approximate surface area is 156 Å². The van der Waals surface area contributed by atoms with Crippen molar-refractivity contribution in [2.24, 2.45) is 0 Å². The minimum absolute atomic E-state index is 0.111. The Morgan fingerprint density at radius 3 is 1.88 bits per heavy atom. The lowest BCUT2D eigenvalue weighted by Crippen LogP contribution is -2.48. The van der Waals surface area contributed by atoms with Crippen LogP contribution in [0.2, 0.25) is 0 Å². The van der Waals surface area contributed by atoms with E-state index in [2.05, 4.69) is 31.2 Å². The number of hydrogen-bond acceptors (Lipinski definition) is 2. The van der Waals surface area contributed by atoms with Gasteiger partial charge in [0, 0.05) is 0 Å². The Hall–Kier alpha value is -1.09. The number of carboxylic acids is 1. The molecule has 0 bridgehead atoms. The molecule has 0 rings (SSSR count). The average Bonchev–Trinajstić information content (AvgIpc) is 2.53. The lowest BCUT2D eigenvalue weighted by atomic mass is 10.1.